The van der Waals surface area contributed by atoms with E-state index in [1.807, 2.05) is 43.3 Å². The molecule has 0 radical (unpaired) electrons. The zero-order chi connectivity index (χ0) is 18.1. The van der Waals surface area contributed by atoms with Crippen molar-refractivity contribution in [3.8, 4) is 0 Å². The van der Waals surface area contributed by atoms with Crippen LogP contribution in [0.5, 0.6) is 0 Å². The lowest BCUT2D eigenvalue weighted by atomic mass is 10.1. The lowest BCUT2D eigenvalue weighted by Crippen LogP contribution is -2.44. The third kappa shape index (κ3) is 3.14. The Morgan fingerprint density at radius 2 is 2.00 bits per heavy atom. The van der Waals surface area contributed by atoms with Gasteiger partial charge in [0.15, 0.2) is 11.3 Å². The number of fused-ring (bicyclic) bond motifs is 1. The van der Waals surface area contributed by atoms with E-state index in [0.717, 1.165) is 54.3 Å². The number of piperidine rings is 1. The first-order valence-electron chi connectivity index (χ1n) is 8.95. The van der Waals surface area contributed by atoms with Crippen molar-refractivity contribution in [3.05, 3.63) is 59.1 Å². The highest BCUT2D eigenvalue weighted by Crippen LogP contribution is 2.26. The van der Waals surface area contributed by atoms with Crippen LogP contribution in [-0.2, 0) is 6.54 Å². The first kappa shape index (κ1) is 16.6. The maximum Gasteiger partial charge on any atom is 0.208 e. The minimum absolute atomic E-state index is 0.185. The largest absolute Gasteiger partial charge is 0.341 e. The van der Waals surface area contributed by atoms with E-state index >= 15 is 0 Å². The predicted molar refractivity (Wildman–Crippen MR) is 103 cm³/mol. The van der Waals surface area contributed by atoms with Crippen LogP contribution in [0.25, 0.3) is 16.0 Å². The number of nitrogens with two attached hydrogens (primary N) is 1. The molecule has 26 heavy (non-hydrogen) atoms. The van der Waals surface area contributed by atoms with Gasteiger partial charge in [-0.2, -0.15) is 0 Å². The van der Waals surface area contributed by atoms with E-state index in [2.05, 4.69) is 14.3 Å². The molecule has 1 aromatic carbocycles. The van der Waals surface area contributed by atoms with Gasteiger partial charge in [-0.1, -0.05) is 24.3 Å². The number of rotatable bonds is 3. The SMILES string of the molecule is [C-]#[N+]c1ccc(Cn2c(N3CCC[C@H](N)C3)nc3ccc(C)nc32)cc1. The average molecular weight is 346 g/mol. The summed E-state index contributed by atoms with van der Waals surface area (Å²) in [6.07, 6.45) is 2.14. The second-order valence-corrected chi connectivity index (χ2v) is 6.92. The molecule has 0 saturated carbocycles. The van der Waals surface area contributed by atoms with E-state index in [0.29, 0.717) is 12.2 Å². The highest BCUT2D eigenvalue weighted by Gasteiger charge is 2.23. The zero-order valence-electron chi connectivity index (χ0n) is 14.9. The minimum Gasteiger partial charge on any atom is -0.341 e. The van der Waals surface area contributed by atoms with Crippen molar-refractivity contribution in [1.82, 2.24) is 14.5 Å². The lowest BCUT2D eigenvalue weighted by Gasteiger charge is -2.31. The molecule has 0 aliphatic carbocycles. The molecule has 6 nitrogen and oxygen atoms in total. The average Bonchev–Trinajstić information content (AvgIpc) is 3.00. The van der Waals surface area contributed by atoms with Gasteiger partial charge in [-0.15, -0.1) is 0 Å². The number of hydrogen-bond donors (Lipinski definition) is 1. The van der Waals surface area contributed by atoms with Gasteiger partial charge in [-0.05, 0) is 37.5 Å². The Hall–Kier alpha value is -2.91. The van der Waals surface area contributed by atoms with Gasteiger partial charge in [-0.3, -0.25) is 4.57 Å². The van der Waals surface area contributed by atoms with Crippen LogP contribution in [0, 0.1) is 13.5 Å². The number of imidazole rings is 1. The molecular weight excluding hydrogens is 324 g/mol. The summed E-state index contributed by atoms with van der Waals surface area (Å²) in [5.74, 6) is 0.933. The summed E-state index contributed by atoms with van der Waals surface area (Å²) in [5.41, 5.74) is 10.8. The summed E-state index contributed by atoms with van der Waals surface area (Å²) in [5, 5.41) is 0. The van der Waals surface area contributed by atoms with Crippen molar-refractivity contribution in [2.45, 2.75) is 32.4 Å². The van der Waals surface area contributed by atoms with E-state index in [1.165, 1.54) is 0 Å². The smallest absolute Gasteiger partial charge is 0.208 e. The van der Waals surface area contributed by atoms with Crippen LogP contribution in [0.4, 0.5) is 11.6 Å². The molecular formula is C20H22N6. The maximum atomic E-state index is 7.11. The van der Waals surface area contributed by atoms with Crippen LogP contribution in [0.3, 0.4) is 0 Å². The fraction of sp³-hybridized carbons (Fsp3) is 0.350. The third-order valence-corrected chi connectivity index (χ3v) is 4.86. The third-order valence-electron chi connectivity index (χ3n) is 4.86. The van der Waals surface area contributed by atoms with Crippen molar-refractivity contribution in [1.29, 1.82) is 0 Å². The highest BCUT2D eigenvalue weighted by atomic mass is 15.3. The molecule has 1 aliphatic heterocycles. The van der Waals surface area contributed by atoms with Crippen LogP contribution in [0.15, 0.2) is 36.4 Å². The highest BCUT2D eigenvalue weighted by molar-refractivity contribution is 5.75. The first-order valence-corrected chi connectivity index (χ1v) is 8.95. The van der Waals surface area contributed by atoms with Gasteiger partial charge in [0.1, 0.15) is 5.52 Å². The van der Waals surface area contributed by atoms with E-state index < -0.39 is 0 Å². The van der Waals surface area contributed by atoms with Crippen LogP contribution >= 0.6 is 0 Å². The van der Waals surface area contributed by atoms with Crippen LogP contribution in [0.2, 0.25) is 0 Å². The molecule has 4 rings (SSSR count). The Bertz CT molecular complexity index is 966. The molecule has 0 amide bonds. The molecule has 3 heterocycles. The Kier molecular flexibility index (Phi) is 4.31. The molecule has 1 atom stereocenters. The minimum atomic E-state index is 0.185. The Labute approximate surface area is 153 Å². The first-order chi connectivity index (χ1) is 12.6. The number of nitrogens with zero attached hydrogens (tertiary/aromatic N) is 5. The van der Waals surface area contributed by atoms with Gasteiger partial charge in [0.05, 0.1) is 13.1 Å². The Morgan fingerprint density at radius 3 is 2.73 bits per heavy atom. The van der Waals surface area contributed by atoms with Crippen molar-refractivity contribution in [2.75, 3.05) is 18.0 Å². The van der Waals surface area contributed by atoms with Crippen LogP contribution in [-0.4, -0.2) is 33.7 Å². The monoisotopic (exact) mass is 346 g/mol. The maximum absolute atomic E-state index is 7.11. The molecule has 1 saturated heterocycles. The van der Waals surface area contributed by atoms with Gasteiger partial charge in [-0.25, -0.2) is 14.8 Å². The predicted octanol–water partition coefficient (Wildman–Crippen LogP) is 3.27. The number of aromatic nitrogens is 3. The van der Waals surface area contributed by atoms with Gasteiger partial charge < -0.3 is 10.6 Å². The summed E-state index contributed by atoms with van der Waals surface area (Å²) in [6.45, 7) is 11.6. The molecule has 2 N–H and O–H groups in total. The van der Waals surface area contributed by atoms with Crippen molar-refractivity contribution >= 4 is 22.8 Å². The molecule has 6 heteroatoms. The number of benzene rings is 1. The van der Waals surface area contributed by atoms with Crippen LogP contribution < -0.4 is 10.6 Å². The number of aryl methyl sites for hydroxylation is 1. The fourth-order valence-electron chi connectivity index (χ4n) is 3.52. The normalized spacial score (nSPS) is 17.4. The molecule has 1 fully saturated rings. The van der Waals surface area contributed by atoms with Gasteiger partial charge >= 0.3 is 0 Å². The van der Waals surface area contributed by atoms with E-state index in [-0.39, 0.29) is 6.04 Å². The quantitative estimate of drug-likeness (QED) is 0.739. The summed E-state index contributed by atoms with van der Waals surface area (Å²) < 4.78 is 2.17. The zero-order valence-corrected chi connectivity index (χ0v) is 14.9. The van der Waals surface area contributed by atoms with Gasteiger partial charge in [0, 0.05) is 24.8 Å². The fourth-order valence-corrected chi connectivity index (χ4v) is 3.52. The van der Waals surface area contributed by atoms with Crippen molar-refractivity contribution in [2.24, 2.45) is 5.73 Å². The van der Waals surface area contributed by atoms with Gasteiger partial charge in [0.25, 0.3) is 0 Å². The lowest BCUT2D eigenvalue weighted by molar-refractivity contribution is 0.495. The van der Waals surface area contributed by atoms with Gasteiger partial charge in [0.2, 0.25) is 5.95 Å². The Morgan fingerprint density at radius 1 is 1.19 bits per heavy atom. The molecule has 132 valence electrons. The molecule has 0 bridgehead atoms. The van der Waals surface area contributed by atoms with Crippen LogP contribution in [0.1, 0.15) is 24.1 Å². The number of pyridine rings is 1. The standard InChI is InChI=1S/C20H22N6/c1-14-5-10-18-19(23-14)26(12-15-6-8-17(22-2)9-7-15)20(24-18)25-11-3-4-16(21)13-25/h5-10,16H,3-4,11-13,21H2,1H3/t16-/m0/s1. The number of hydrogen-bond acceptors (Lipinski definition) is 4. The molecule has 2 aromatic heterocycles. The summed E-state index contributed by atoms with van der Waals surface area (Å²) in [6, 6.07) is 11.9. The Balaban J connectivity index is 1.77. The molecule has 1 aliphatic rings. The van der Waals surface area contributed by atoms with Crippen molar-refractivity contribution in [3.63, 3.8) is 0 Å². The van der Waals surface area contributed by atoms with E-state index in [4.69, 9.17) is 22.3 Å². The molecule has 0 spiro atoms. The second kappa shape index (κ2) is 6.77. The topological polar surface area (TPSA) is 64.3 Å². The number of anilines is 1. The summed E-state index contributed by atoms with van der Waals surface area (Å²) in [4.78, 5) is 15.3. The second-order valence-electron chi connectivity index (χ2n) is 6.92. The van der Waals surface area contributed by atoms with Crippen molar-refractivity contribution < 1.29 is 0 Å². The van der Waals surface area contributed by atoms with E-state index in [9.17, 15) is 0 Å². The van der Waals surface area contributed by atoms with E-state index in [1.54, 1.807) is 0 Å². The molecule has 3 aromatic rings. The molecule has 0 unspecified atom stereocenters. The summed E-state index contributed by atoms with van der Waals surface area (Å²) >= 11 is 0. The summed E-state index contributed by atoms with van der Waals surface area (Å²) in [7, 11) is 0.